The Labute approximate surface area is 174 Å². The van der Waals surface area contributed by atoms with Crippen LogP contribution in [0.2, 0.25) is 0 Å². The molecule has 5 rings (SSSR count). The minimum absolute atomic E-state index is 0.106. The van der Waals surface area contributed by atoms with Crippen LogP contribution in [0.15, 0.2) is 49.2 Å². The molecule has 8 nitrogen and oxygen atoms in total. The van der Waals surface area contributed by atoms with Crippen LogP contribution in [0.25, 0.3) is 11.3 Å². The molecule has 154 valence electrons. The van der Waals surface area contributed by atoms with Gasteiger partial charge in [-0.15, -0.1) is 0 Å². The smallest absolute Gasteiger partial charge is 0.255 e. The third-order valence-electron chi connectivity index (χ3n) is 5.70. The van der Waals surface area contributed by atoms with Gasteiger partial charge in [0.15, 0.2) is 11.5 Å². The summed E-state index contributed by atoms with van der Waals surface area (Å²) in [5, 5.41) is 7.70. The van der Waals surface area contributed by atoms with E-state index in [4.69, 9.17) is 9.47 Å². The molecule has 1 fully saturated rings. The van der Waals surface area contributed by atoms with Gasteiger partial charge in [-0.3, -0.25) is 9.48 Å². The van der Waals surface area contributed by atoms with Gasteiger partial charge in [0.25, 0.3) is 5.91 Å². The average molecular weight is 405 g/mol. The number of nitrogens with one attached hydrogen (secondary N) is 1. The van der Waals surface area contributed by atoms with Crippen molar-refractivity contribution in [2.75, 3.05) is 13.2 Å². The molecule has 0 spiro atoms. The van der Waals surface area contributed by atoms with Gasteiger partial charge in [0.2, 0.25) is 0 Å². The minimum Gasteiger partial charge on any atom is -0.486 e. The molecule has 2 aliphatic rings. The van der Waals surface area contributed by atoms with E-state index < -0.39 is 0 Å². The number of aromatic nitrogens is 4. The SMILES string of the molecule is O=C(NC1CCC(n2cc(-c3ccncn3)cn2)CC1)c1cccc2c1OCCO2. The van der Waals surface area contributed by atoms with E-state index in [0.717, 1.165) is 36.9 Å². The van der Waals surface area contributed by atoms with Crippen LogP contribution >= 0.6 is 0 Å². The molecule has 2 aromatic heterocycles. The van der Waals surface area contributed by atoms with Crippen molar-refractivity contribution in [2.24, 2.45) is 0 Å². The maximum absolute atomic E-state index is 12.8. The molecule has 1 aromatic carbocycles. The van der Waals surface area contributed by atoms with E-state index >= 15 is 0 Å². The topological polar surface area (TPSA) is 91.2 Å². The monoisotopic (exact) mass is 405 g/mol. The molecule has 0 radical (unpaired) electrons. The van der Waals surface area contributed by atoms with Crippen molar-refractivity contribution in [3.8, 4) is 22.8 Å². The molecule has 3 aromatic rings. The average Bonchev–Trinajstić information content (AvgIpc) is 3.30. The molecule has 1 N–H and O–H groups in total. The Morgan fingerprint density at radius 3 is 2.80 bits per heavy atom. The van der Waals surface area contributed by atoms with Gasteiger partial charge < -0.3 is 14.8 Å². The second kappa shape index (κ2) is 8.14. The molecule has 1 saturated carbocycles. The van der Waals surface area contributed by atoms with Crippen LogP contribution in [-0.2, 0) is 0 Å². The second-order valence-electron chi connectivity index (χ2n) is 7.61. The first-order valence-corrected chi connectivity index (χ1v) is 10.3. The van der Waals surface area contributed by atoms with Crippen LogP contribution in [0.3, 0.4) is 0 Å². The molecule has 1 aliphatic heterocycles. The number of fused-ring (bicyclic) bond motifs is 1. The summed E-state index contributed by atoms with van der Waals surface area (Å²) < 4.78 is 13.3. The third-order valence-corrected chi connectivity index (χ3v) is 5.70. The van der Waals surface area contributed by atoms with Gasteiger partial charge in [-0.2, -0.15) is 5.10 Å². The first kappa shape index (κ1) is 18.6. The van der Waals surface area contributed by atoms with E-state index in [1.165, 1.54) is 0 Å². The van der Waals surface area contributed by atoms with Gasteiger partial charge in [0, 0.05) is 24.0 Å². The molecule has 0 atom stereocenters. The van der Waals surface area contributed by atoms with Gasteiger partial charge in [-0.05, 0) is 43.9 Å². The molecule has 0 unspecified atom stereocenters. The zero-order chi connectivity index (χ0) is 20.3. The fraction of sp³-hybridized carbons (Fsp3) is 0.364. The van der Waals surface area contributed by atoms with Crippen LogP contribution in [0.4, 0.5) is 0 Å². The summed E-state index contributed by atoms with van der Waals surface area (Å²) in [6, 6.07) is 7.79. The van der Waals surface area contributed by atoms with Crippen molar-refractivity contribution in [2.45, 2.75) is 37.8 Å². The number of nitrogens with zero attached hydrogens (tertiary/aromatic N) is 4. The van der Waals surface area contributed by atoms with E-state index in [1.54, 1.807) is 18.6 Å². The summed E-state index contributed by atoms with van der Waals surface area (Å²) in [7, 11) is 0. The summed E-state index contributed by atoms with van der Waals surface area (Å²) in [5.41, 5.74) is 2.40. The van der Waals surface area contributed by atoms with Crippen molar-refractivity contribution < 1.29 is 14.3 Å². The Morgan fingerprint density at radius 2 is 1.97 bits per heavy atom. The zero-order valence-corrected chi connectivity index (χ0v) is 16.5. The lowest BCUT2D eigenvalue weighted by Crippen LogP contribution is -2.38. The summed E-state index contributed by atoms with van der Waals surface area (Å²) >= 11 is 0. The van der Waals surface area contributed by atoms with Gasteiger partial charge in [0.05, 0.1) is 23.5 Å². The summed E-state index contributed by atoms with van der Waals surface area (Å²) in [5.74, 6) is 1.07. The highest BCUT2D eigenvalue weighted by atomic mass is 16.6. The Morgan fingerprint density at radius 1 is 1.10 bits per heavy atom. The molecule has 1 aliphatic carbocycles. The maximum Gasteiger partial charge on any atom is 0.255 e. The van der Waals surface area contributed by atoms with Crippen LogP contribution < -0.4 is 14.8 Å². The number of rotatable bonds is 4. The maximum atomic E-state index is 12.8. The van der Waals surface area contributed by atoms with Crippen LogP contribution in [0, 0.1) is 0 Å². The summed E-state index contributed by atoms with van der Waals surface area (Å²) in [6.45, 7) is 0.970. The number of benzene rings is 1. The number of carbonyl (C=O) groups excluding carboxylic acids is 1. The van der Waals surface area contributed by atoms with Crippen LogP contribution in [0.5, 0.6) is 11.5 Å². The molecule has 0 bridgehead atoms. The Kier molecular flexibility index (Phi) is 5.04. The molecule has 30 heavy (non-hydrogen) atoms. The quantitative estimate of drug-likeness (QED) is 0.717. The predicted molar refractivity (Wildman–Crippen MR) is 109 cm³/mol. The van der Waals surface area contributed by atoms with Gasteiger partial charge in [-0.1, -0.05) is 6.07 Å². The number of para-hydroxylation sites is 1. The first-order chi connectivity index (χ1) is 14.8. The van der Waals surface area contributed by atoms with E-state index in [1.807, 2.05) is 35.3 Å². The minimum atomic E-state index is -0.106. The molecular weight excluding hydrogens is 382 g/mol. The van der Waals surface area contributed by atoms with Gasteiger partial charge >= 0.3 is 0 Å². The number of amides is 1. The second-order valence-corrected chi connectivity index (χ2v) is 7.61. The van der Waals surface area contributed by atoms with Crippen molar-refractivity contribution in [1.29, 1.82) is 0 Å². The lowest BCUT2D eigenvalue weighted by Gasteiger charge is -2.29. The fourth-order valence-corrected chi connectivity index (χ4v) is 4.13. The van der Waals surface area contributed by atoms with Crippen molar-refractivity contribution in [1.82, 2.24) is 25.1 Å². The van der Waals surface area contributed by atoms with Crippen LogP contribution in [-0.4, -0.2) is 44.9 Å². The van der Waals surface area contributed by atoms with Crippen molar-refractivity contribution >= 4 is 5.91 Å². The fourth-order valence-electron chi connectivity index (χ4n) is 4.13. The highest BCUT2D eigenvalue weighted by Crippen LogP contribution is 2.34. The Balaban J connectivity index is 1.20. The van der Waals surface area contributed by atoms with Gasteiger partial charge in [0.1, 0.15) is 19.5 Å². The van der Waals surface area contributed by atoms with E-state index in [-0.39, 0.29) is 11.9 Å². The standard InChI is InChI=1S/C22H23N5O3/c28-22(18-2-1-3-20-21(18)30-11-10-29-20)26-16-4-6-17(7-5-16)27-13-15(12-25-27)19-8-9-23-14-24-19/h1-3,8-9,12-14,16-17H,4-7,10-11H2,(H,26,28). The molecule has 1 amide bonds. The third kappa shape index (κ3) is 3.72. The Bertz CT molecular complexity index is 1030. The summed E-state index contributed by atoms with van der Waals surface area (Å²) in [4.78, 5) is 21.1. The van der Waals surface area contributed by atoms with Crippen molar-refractivity contribution in [3.63, 3.8) is 0 Å². The van der Waals surface area contributed by atoms with E-state index in [0.29, 0.717) is 36.3 Å². The number of carbonyl (C=O) groups is 1. The van der Waals surface area contributed by atoms with Crippen molar-refractivity contribution in [3.05, 3.63) is 54.7 Å². The molecule has 8 heteroatoms. The zero-order valence-electron chi connectivity index (χ0n) is 16.5. The van der Waals surface area contributed by atoms with Crippen LogP contribution in [0.1, 0.15) is 42.1 Å². The number of ether oxygens (including phenoxy) is 2. The van der Waals surface area contributed by atoms with E-state index in [2.05, 4.69) is 20.4 Å². The summed E-state index contributed by atoms with van der Waals surface area (Å²) in [6.07, 6.45) is 10.9. The largest absolute Gasteiger partial charge is 0.486 e. The molecule has 0 saturated heterocycles. The van der Waals surface area contributed by atoms with Gasteiger partial charge in [-0.25, -0.2) is 9.97 Å². The normalized spacial score (nSPS) is 20.5. The number of hydrogen-bond donors (Lipinski definition) is 1. The predicted octanol–water partition coefficient (Wildman–Crippen LogP) is 3.03. The first-order valence-electron chi connectivity index (χ1n) is 10.3. The highest BCUT2D eigenvalue weighted by Gasteiger charge is 2.26. The van der Waals surface area contributed by atoms with E-state index in [9.17, 15) is 4.79 Å². The molecular formula is C22H23N5O3. The number of hydrogen-bond acceptors (Lipinski definition) is 6. The lowest BCUT2D eigenvalue weighted by molar-refractivity contribution is 0.0911. The molecule has 3 heterocycles. The Hall–Kier alpha value is -3.42. The highest BCUT2D eigenvalue weighted by molar-refractivity contribution is 5.98. The lowest BCUT2D eigenvalue weighted by atomic mass is 9.91.